The van der Waals surface area contributed by atoms with Crippen molar-refractivity contribution in [1.82, 2.24) is 0 Å². The predicted molar refractivity (Wildman–Crippen MR) is 79.0 cm³/mol. The molecule has 0 radical (unpaired) electrons. The van der Waals surface area contributed by atoms with Crippen molar-refractivity contribution in [2.75, 3.05) is 0 Å². The molecule has 0 bridgehead atoms. The summed E-state index contributed by atoms with van der Waals surface area (Å²) in [6.07, 6.45) is -0.727. The highest BCUT2D eigenvalue weighted by Gasteiger charge is 2.10. The SMILES string of the molecule is CC(O)C(C)Oc1ccc(OCc2ccccc2)cc1. The lowest BCUT2D eigenvalue weighted by atomic mass is 10.2. The molecule has 2 aromatic carbocycles. The Hall–Kier alpha value is -2.00. The number of rotatable bonds is 6. The first-order valence-corrected chi connectivity index (χ1v) is 6.76. The van der Waals surface area contributed by atoms with Crippen molar-refractivity contribution in [3.8, 4) is 11.5 Å². The number of hydrogen-bond donors (Lipinski definition) is 1. The Labute approximate surface area is 119 Å². The molecule has 0 aromatic heterocycles. The number of aliphatic hydroxyl groups excluding tert-OH is 1. The summed E-state index contributed by atoms with van der Waals surface area (Å²) in [6, 6.07) is 17.5. The lowest BCUT2D eigenvalue weighted by molar-refractivity contribution is 0.0604. The smallest absolute Gasteiger partial charge is 0.121 e. The monoisotopic (exact) mass is 272 g/mol. The Morgan fingerprint density at radius 2 is 1.50 bits per heavy atom. The molecular weight excluding hydrogens is 252 g/mol. The highest BCUT2D eigenvalue weighted by molar-refractivity contribution is 5.31. The first kappa shape index (κ1) is 14.4. The number of benzene rings is 2. The molecule has 2 unspecified atom stereocenters. The molecule has 1 N–H and O–H groups in total. The largest absolute Gasteiger partial charge is 0.489 e. The molecule has 0 aliphatic carbocycles. The van der Waals surface area contributed by atoms with Gasteiger partial charge in [-0.1, -0.05) is 30.3 Å². The van der Waals surface area contributed by atoms with E-state index in [0.29, 0.717) is 6.61 Å². The minimum atomic E-state index is -0.496. The first-order chi connectivity index (χ1) is 9.65. The molecule has 3 heteroatoms. The van der Waals surface area contributed by atoms with E-state index >= 15 is 0 Å². The molecule has 3 nitrogen and oxygen atoms in total. The van der Waals surface area contributed by atoms with Crippen LogP contribution in [0.25, 0.3) is 0 Å². The van der Waals surface area contributed by atoms with Gasteiger partial charge in [-0.25, -0.2) is 0 Å². The van der Waals surface area contributed by atoms with Gasteiger partial charge >= 0.3 is 0 Å². The van der Waals surface area contributed by atoms with Crippen LogP contribution in [0.15, 0.2) is 54.6 Å². The van der Waals surface area contributed by atoms with Crippen LogP contribution in [0.5, 0.6) is 11.5 Å². The average molecular weight is 272 g/mol. The van der Waals surface area contributed by atoms with E-state index in [1.165, 1.54) is 0 Å². The van der Waals surface area contributed by atoms with E-state index in [2.05, 4.69) is 0 Å². The minimum Gasteiger partial charge on any atom is -0.489 e. The van der Waals surface area contributed by atoms with Crippen molar-refractivity contribution in [2.45, 2.75) is 32.7 Å². The summed E-state index contributed by atoms with van der Waals surface area (Å²) >= 11 is 0. The summed E-state index contributed by atoms with van der Waals surface area (Å²) in [5.74, 6) is 1.52. The van der Waals surface area contributed by atoms with E-state index in [1.54, 1.807) is 6.92 Å². The summed E-state index contributed by atoms with van der Waals surface area (Å²) in [6.45, 7) is 4.09. The summed E-state index contributed by atoms with van der Waals surface area (Å²) in [5.41, 5.74) is 1.13. The molecular formula is C17H20O3. The van der Waals surface area contributed by atoms with Gasteiger partial charge in [-0.3, -0.25) is 0 Å². The Morgan fingerprint density at radius 1 is 0.900 bits per heavy atom. The van der Waals surface area contributed by atoms with Crippen LogP contribution < -0.4 is 9.47 Å². The molecule has 0 saturated carbocycles. The summed E-state index contributed by atoms with van der Waals surface area (Å²) in [7, 11) is 0. The summed E-state index contributed by atoms with van der Waals surface area (Å²) in [5, 5.41) is 9.40. The van der Waals surface area contributed by atoms with Crippen molar-refractivity contribution in [3.05, 3.63) is 60.2 Å². The van der Waals surface area contributed by atoms with Gasteiger partial charge in [-0.2, -0.15) is 0 Å². The Balaban J connectivity index is 1.88. The van der Waals surface area contributed by atoms with Gasteiger partial charge in [-0.05, 0) is 43.7 Å². The van der Waals surface area contributed by atoms with Gasteiger partial charge in [0.15, 0.2) is 0 Å². The van der Waals surface area contributed by atoms with Crippen LogP contribution in [0.2, 0.25) is 0 Å². The molecule has 106 valence electrons. The van der Waals surface area contributed by atoms with Crippen LogP contribution in [0.1, 0.15) is 19.4 Å². The van der Waals surface area contributed by atoms with E-state index in [4.69, 9.17) is 9.47 Å². The van der Waals surface area contributed by atoms with Crippen molar-refractivity contribution in [3.63, 3.8) is 0 Å². The van der Waals surface area contributed by atoms with E-state index in [0.717, 1.165) is 17.1 Å². The molecule has 0 spiro atoms. The molecule has 2 aromatic rings. The maximum atomic E-state index is 9.40. The second kappa shape index (κ2) is 6.96. The second-order valence-electron chi connectivity index (χ2n) is 4.81. The molecule has 0 aliphatic rings. The number of hydrogen-bond acceptors (Lipinski definition) is 3. The minimum absolute atomic E-state index is 0.230. The topological polar surface area (TPSA) is 38.7 Å². The van der Waals surface area contributed by atoms with Gasteiger partial charge in [-0.15, -0.1) is 0 Å². The third-order valence-corrected chi connectivity index (χ3v) is 3.07. The van der Waals surface area contributed by atoms with E-state index < -0.39 is 6.10 Å². The molecule has 0 aliphatic heterocycles. The normalized spacial score (nSPS) is 13.6. The van der Waals surface area contributed by atoms with E-state index in [-0.39, 0.29) is 6.10 Å². The second-order valence-corrected chi connectivity index (χ2v) is 4.81. The van der Waals surface area contributed by atoms with Crippen LogP contribution in [-0.2, 0) is 6.61 Å². The van der Waals surface area contributed by atoms with Gasteiger partial charge in [0, 0.05) is 0 Å². The van der Waals surface area contributed by atoms with Crippen LogP contribution in [0.3, 0.4) is 0 Å². The molecule has 0 fully saturated rings. The number of aliphatic hydroxyl groups is 1. The fourth-order valence-corrected chi connectivity index (χ4v) is 1.67. The Morgan fingerprint density at radius 3 is 2.10 bits per heavy atom. The average Bonchev–Trinajstić information content (AvgIpc) is 2.47. The highest BCUT2D eigenvalue weighted by Crippen LogP contribution is 2.20. The predicted octanol–water partition coefficient (Wildman–Crippen LogP) is 3.41. The summed E-state index contributed by atoms with van der Waals surface area (Å²) in [4.78, 5) is 0. The lowest BCUT2D eigenvalue weighted by Gasteiger charge is -2.17. The molecule has 2 rings (SSSR count). The van der Waals surface area contributed by atoms with Gasteiger partial charge in [0.1, 0.15) is 24.2 Å². The molecule has 2 atom stereocenters. The molecule has 0 amide bonds. The maximum absolute atomic E-state index is 9.40. The quantitative estimate of drug-likeness (QED) is 0.875. The Bertz CT molecular complexity index is 506. The number of ether oxygens (including phenoxy) is 2. The highest BCUT2D eigenvalue weighted by atomic mass is 16.5. The third kappa shape index (κ3) is 4.28. The van der Waals surface area contributed by atoms with E-state index in [9.17, 15) is 5.11 Å². The summed E-state index contributed by atoms with van der Waals surface area (Å²) < 4.78 is 11.3. The first-order valence-electron chi connectivity index (χ1n) is 6.76. The lowest BCUT2D eigenvalue weighted by Crippen LogP contribution is -2.25. The zero-order valence-corrected chi connectivity index (χ0v) is 11.8. The van der Waals surface area contributed by atoms with Crippen molar-refractivity contribution < 1.29 is 14.6 Å². The van der Waals surface area contributed by atoms with Crippen LogP contribution in [0, 0.1) is 0 Å². The van der Waals surface area contributed by atoms with Gasteiger partial charge < -0.3 is 14.6 Å². The zero-order chi connectivity index (χ0) is 14.4. The van der Waals surface area contributed by atoms with Crippen LogP contribution >= 0.6 is 0 Å². The van der Waals surface area contributed by atoms with Crippen molar-refractivity contribution >= 4 is 0 Å². The maximum Gasteiger partial charge on any atom is 0.121 e. The van der Waals surface area contributed by atoms with Gasteiger partial charge in [0.2, 0.25) is 0 Å². The third-order valence-electron chi connectivity index (χ3n) is 3.07. The fourth-order valence-electron chi connectivity index (χ4n) is 1.67. The Kier molecular flexibility index (Phi) is 5.02. The van der Waals surface area contributed by atoms with Gasteiger partial charge in [0.05, 0.1) is 6.10 Å². The van der Waals surface area contributed by atoms with Crippen molar-refractivity contribution in [1.29, 1.82) is 0 Å². The standard InChI is InChI=1S/C17H20O3/c1-13(18)14(2)20-17-10-8-16(9-11-17)19-12-15-6-4-3-5-7-15/h3-11,13-14,18H,12H2,1-2H3. The van der Waals surface area contributed by atoms with Crippen LogP contribution in [-0.4, -0.2) is 17.3 Å². The molecule has 0 heterocycles. The van der Waals surface area contributed by atoms with Gasteiger partial charge in [0.25, 0.3) is 0 Å². The fraction of sp³-hybridized carbons (Fsp3) is 0.294. The zero-order valence-electron chi connectivity index (χ0n) is 11.8. The van der Waals surface area contributed by atoms with E-state index in [1.807, 2.05) is 61.5 Å². The molecule has 20 heavy (non-hydrogen) atoms. The van der Waals surface area contributed by atoms with Crippen LogP contribution in [0.4, 0.5) is 0 Å². The molecule has 0 saturated heterocycles. The van der Waals surface area contributed by atoms with Crippen molar-refractivity contribution in [2.24, 2.45) is 0 Å².